The van der Waals surface area contributed by atoms with E-state index in [-0.39, 0.29) is 17.0 Å². The number of halogens is 3. The summed E-state index contributed by atoms with van der Waals surface area (Å²) in [5.74, 6) is -0.379. The molecule has 0 spiro atoms. The number of rotatable bonds is 2. The Hall–Kier alpha value is -1.78. The van der Waals surface area contributed by atoms with E-state index in [9.17, 15) is 18.0 Å². The second-order valence-electron chi connectivity index (χ2n) is 4.96. The average Bonchev–Trinajstić information content (AvgIpc) is 2.66. The Kier molecular flexibility index (Phi) is 4.16. The van der Waals surface area contributed by atoms with Gasteiger partial charge in [0.15, 0.2) is 5.78 Å². The SMILES string of the molecule is Nc1ccc(C(F)(F)F)cc1C(=O)C1=CCCCCC1. The average molecular weight is 283 g/mol. The van der Waals surface area contributed by atoms with Crippen LogP contribution in [0.15, 0.2) is 29.8 Å². The number of hydrogen-bond acceptors (Lipinski definition) is 2. The Labute approximate surface area is 115 Å². The van der Waals surface area contributed by atoms with Crippen LogP contribution >= 0.6 is 0 Å². The minimum Gasteiger partial charge on any atom is -0.398 e. The number of hydrogen-bond donors (Lipinski definition) is 1. The highest BCUT2D eigenvalue weighted by Crippen LogP contribution is 2.32. The van der Waals surface area contributed by atoms with Gasteiger partial charge in [0.25, 0.3) is 0 Å². The lowest BCUT2D eigenvalue weighted by molar-refractivity contribution is -0.137. The lowest BCUT2D eigenvalue weighted by Gasteiger charge is -2.12. The predicted octanol–water partition coefficient (Wildman–Crippen LogP) is 4.36. The molecule has 5 heteroatoms. The van der Waals surface area contributed by atoms with Gasteiger partial charge in [-0.05, 0) is 49.5 Å². The molecule has 0 fully saturated rings. The van der Waals surface area contributed by atoms with Crippen molar-refractivity contribution in [1.82, 2.24) is 0 Å². The molecule has 0 radical (unpaired) electrons. The monoisotopic (exact) mass is 283 g/mol. The second-order valence-corrected chi connectivity index (χ2v) is 4.96. The zero-order chi connectivity index (χ0) is 14.8. The molecule has 108 valence electrons. The Morgan fingerprint density at radius 3 is 2.60 bits per heavy atom. The van der Waals surface area contributed by atoms with Gasteiger partial charge < -0.3 is 5.73 Å². The van der Waals surface area contributed by atoms with Gasteiger partial charge in [-0.25, -0.2) is 0 Å². The van der Waals surface area contributed by atoms with E-state index in [2.05, 4.69) is 0 Å². The predicted molar refractivity (Wildman–Crippen MR) is 71.4 cm³/mol. The van der Waals surface area contributed by atoms with Crippen molar-refractivity contribution in [2.24, 2.45) is 0 Å². The second kappa shape index (κ2) is 5.69. The van der Waals surface area contributed by atoms with Crippen molar-refractivity contribution < 1.29 is 18.0 Å². The molecular formula is C15H16F3NO. The summed E-state index contributed by atoms with van der Waals surface area (Å²) in [6.07, 6.45) is 1.68. The Morgan fingerprint density at radius 1 is 1.15 bits per heavy atom. The molecule has 0 heterocycles. The summed E-state index contributed by atoms with van der Waals surface area (Å²) in [6.45, 7) is 0. The van der Waals surface area contributed by atoms with Gasteiger partial charge >= 0.3 is 6.18 Å². The molecule has 0 aliphatic heterocycles. The third kappa shape index (κ3) is 3.21. The van der Waals surface area contributed by atoms with Gasteiger partial charge in [-0.2, -0.15) is 13.2 Å². The van der Waals surface area contributed by atoms with Gasteiger partial charge in [0, 0.05) is 11.3 Å². The van der Waals surface area contributed by atoms with E-state index in [0.29, 0.717) is 12.0 Å². The van der Waals surface area contributed by atoms with Crippen LogP contribution in [-0.2, 0) is 6.18 Å². The molecule has 0 saturated carbocycles. The smallest absolute Gasteiger partial charge is 0.398 e. The molecule has 2 rings (SSSR count). The van der Waals surface area contributed by atoms with E-state index < -0.39 is 11.7 Å². The fourth-order valence-corrected chi connectivity index (χ4v) is 2.32. The number of carbonyl (C=O) groups excluding carboxylic acids is 1. The maximum absolute atomic E-state index is 12.7. The molecular weight excluding hydrogens is 267 g/mol. The molecule has 1 aromatic carbocycles. The molecule has 0 unspecified atom stereocenters. The van der Waals surface area contributed by atoms with Gasteiger partial charge in [0.1, 0.15) is 0 Å². The molecule has 0 bridgehead atoms. The number of alkyl halides is 3. The van der Waals surface area contributed by atoms with Crippen LogP contribution in [0.25, 0.3) is 0 Å². The maximum atomic E-state index is 12.7. The highest BCUT2D eigenvalue weighted by molar-refractivity contribution is 6.11. The quantitative estimate of drug-likeness (QED) is 0.647. The number of allylic oxidation sites excluding steroid dienone is 2. The van der Waals surface area contributed by atoms with Crippen molar-refractivity contribution >= 4 is 11.5 Å². The van der Waals surface area contributed by atoms with E-state index >= 15 is 0 Å². The fraction of sp³-hybridized carbons (Fsp3) is 0.400. The molecule has 2 N–H and O–H groups in total. The summed E-state index contributed by atoms with van der Waals surface area (Å²) in [4.78, 5) is 12.3. The van der Waals surface area contributed by atoms with Crippen molar-refractivity contribution in [1.29, 1.82) is 0 Å². The maximum Gasteiger partial charge on any atom is 0.416 e. The Bertz CT molecular complexity index is 547. The molecule has 1 aliphatic carbocycles. The van der Waals surface area contributed by atoms with Crippen molar-refractivity contribution in [3.8, 4) is 0 Å². The van der Waals surface area contributed by atoms with Gasteiger partial charge in [-0.1, -0.05) is 12.5 Å². The van der Waals surface area contributed by atoms with Gasteiger partial charge in [0.2, 0.25) is 0 Å². The molecule has 0 aromatic heterocycles. The number of Topliss-reactive ketones (excluding diaryl/α,β-unsaturated/α-hetero) is 1. The molecule has 2 nitrogen and oxygen atoms in total. The first kappa shape index (κ1) is 14.6. The molecule has 0 saturated heterocycles. The number of carbonyl (C=O) groups is 1. The number of nitrogens with two attached hydrogens (primary N) is 1. The number of nitrogen functional groups attached to an aromatic ring is 1. The van der Waals surface area contributed by atoms with E-state index in [1.165, 1.54) is 0 Å². The summed E-state index contributed by atoms with van der Waals surface area (Å²) in [5.41, 5.74) is 5.44. The minimum absolute atomic E-state index is 0.0482. The molecule has 0 amide bonds. The van der Waals surface area contributed by atoms with E-state index in [1.54, 1.807) is 0 Å². The zero-order valence-corrected chi connectivity index (χ0v) is 11.0. The van der Waals surface area contributed by atoms with Crippen molar-refractivity contribution in [2.75, 3.05) is 5.73 Å². The molecule has 20 heavy (non-hydrogen) atoms. The van der Waals surface area contributed by atoms with E-state index in [1.807, 2.05) is 6.08 Å². The van der Waals surface area contributed by atoms with Crippen LogP contribution in [0.4, 0.5) is 18.9 Å². The molecule has 1 aromatic rings. The van der Waals surface area contributed by atoms with Crippen LogP contribution in [0.2, 0.25) is 0 Å². The van der Waals surface area contributed by atoms with Crippen molar-refractivity contribution in [3.63, 3.8) is 0 Å². The summed E-state index contributed by atoms with van der Waals surface area (Å²) >= 11 is 0. The number of benzene rings is 1. The standard InChI is InChI=1S/C15H16F3NO/c16-15(17,18)11-7-8-13(19)12(9-11)14(20)10-5-3-1-2-4-6-10/h5,7-9H,1-4,6,19H2. The third-order valence-corrected chi connectivity index (χ3v) is 3.46. The highest BCUT2D eigenvalue weighted by atomic mass is 19.4. The Balaban J connectivity index is 2.36. The van der Waals surface area contributed by atoms with Gasteiger partial charge in [0.05, 0.1) is 5.56 Å². The zero-order valence-electron chi connectivity index (χ0n) is 11.0. The van der Waals surface area contributed by atoms with Gasteiger partial charge in [-0.15, -0.1) is 0 Å². The highest BCUT2D eigenvalue weighted by Gasteiger charge is 2.31. The van der Waals surface area contributed by atoms with Crippen molar-refractivity contribution in [3.05, 3.63) is 41.0 Å². The van der Waals surface area contributed by atoms with E-state index in [0.717, 1.165) is 43.9 Å². The lowest BCUT2D eigenvalue weighted by atomic mass is 9.96. The molecule has 0 atom stereocenters. The number of ketones is 1. The van der Waals surface area contributed by atoms with Crippen LogP contribution < -0.4 is 5.73 Å². The molecule has 1 aliphatic rings. The summed E-state index contributed by atoms with van der Waals surface area (Å²) in [6, 6.07) is 2.89. The first-order valence-electron chi connectivity index (χ1n) is 6.60. The van der Waals surface area contributed by atoms with Crippen LogP contribution in [0.5, 0.6) is 0 Å². The van der Waals surface area contributed by atoms with Crippen LogP contribution in [0, 0.1) is 0 Å². The summed E-state index contributed by atoms with van der Waals surface area (Å²) in [7, 11) is 0. The fourth-order valence-electron chi connectivity index (χ4n) is 2.32. The number of anilines is 1. The topological polar surface area (TPSA) is 43.1 Å². The third-order valence-electron chi connectivity index (χ3n) is 3.46. The van der Waals surface area contributed by atoms with Crippen molar-refractivity contribution in [2.45, 2.75) is 38.3 Å². The lowest BCUT2D eigenvalue weighted by Crippen LogP contribution is -2.11. The van der Waals surface area contributed by atoms with E-state index in [4.69, 9.17) is 5.73 Å². The first-order chi connectivity index (χ1) is 9.39. The van der Waals surface area contributed by atoms with Crippen LogP contribution in [0.3, 0.4) is 0 Å². The summed E-state index contributed by atoms with van der Waals surface area (Å²) < 4.78 is 38.1. The normalized spacial score (nSPS) is 16.4. The minimum atomic E-state index is -4.47. The Morgan fingerprint density at radius 2 is 1.90 bits per heavy atom. The largest absolute Gasteiger partial charge is 0.416 e. The summed E-state index contributed by atoms with van der Waals surface area (Å²) in [5, 5.41) is 0. The van der Waals surface area contributed by atoms with Gasteiger partial charge in [-0.3, -0.25) is 4.79 Å². The van der Waals surface area contributed by atoms with Crippen LogP contribution in [-0.4, -0.2) is 5.78 Å². The van der Waals surface area contributed by atoms with Crippen LogP contribution in [0.1, 0.15) is 48.0 Å². The first-order valence-corrected chi connectivity index (χ1v) is 6.60.